The average molecular weight is 484 g/mol. The SMILES string of the molecule is CC(C)[C@H](CO)Nc1nc(Nc2ccc(I)cc2F)cc(C(F)(F)F)n1. The molecule has 26 heavy (non-hydrogen) atoms. The van der Waals surface area contributed by atoms with Gasteiger partial charge in [0.2, 0.25) is 5.95 Å². The molecule has 0 unspecified atom stereocenters. The molecule has 1 heterocycles. The van der Waals surface area contributed by atoms with Gasteiger partial charge in [-0.25, -0.2) is 9.37 Å². The monoisotopic (exact) mass is 484 g/mol. The molecule has 0 aliphatic carbocycles. The second kappa shape index (κ2) is 8.33. The summed E-state index contributed by atoms with van der Waals surface area (Å²) >= 11 is 1.92. The third-order valence-electron chi connectivity index (χ3n) is 3.53. The molecule has 2 rings (SSSR count). The van der Waals surface area contributed by atoms with E-state index in [1.54, 1.807) is 19.9 Å². The Balaban J connectivity index is 2.39. The number of rotatable bonds is 6. The first kappa shape index (κ1) is 20.6. The van der Waals surface area contributed by atoms with Crippen LogP contribution in [0.4, 0.5) is 35.0 Å². The highest BCUT2D eigenvalue weighted by Gasteiger charge is 2.34. The van der Waals surface area contributed by atoms with E-state index in [4.69, 9.17) is 0 Å². The zero-order chi connectivity index (χ0) is 19.5. The quantitative estimate of drug-likeness (QED) is 0.419. The molecule has 0 bridgehead atoms. The highest BCUT2D eigenvalue weighted by atomic mass is 127. The lowest BCUT2D eigenvalue weighted by Crippen LogP contribution is -2.30. The second-order valence-electron chi connectivity index (χ2n) is 5.89. The van der Waals surface area contributed by atoms with Crippen molar-refractivity contribution in [2.75, 3.05) is 17.2 Å². The van der Waals surface area contributed by atoms with E-state index in [9.17, 15) is 22.7 Å². The molecule has 0 saturated carbocycles. The molecule has 0 fully saturated rings. The fourth-order valence-electron chi connectivity index (χ4n) is 2.04. The number of hydrogen-bond donors (Lipinski definition) is 3. The number of aliphatic hydroxyl groups is 1. The van der Waals surface area contributed by atoms with Crippen LogP contribution in [0.25, 0.3) is 0 Å². The maximum Gasteiger partial charge on any atom is 0.433 e. The van der Waals surface area contributed by atoms with Crippen molar-refractivity contribution in [3.8, 4) is 0 Å². The Kier molecular flexibility index (Phi) is 6.61. The zero-order valence-corrected chi connectivity index (χ0v) is 16.1. The molecule has 0 spiro atoms. The summed E-state index contributed by atoms with van der Waals surface area (Å²) in [6, 6.07) is 4.43. The van der Waals surface area contributed by atoms with Crippen LogP contribution in [0.1, 0.15) is 19.5 Å². The van der Waals surface area contributed by atoms with E-state index in [1.807, 2.05) is 22.6 Å². The van der Waals surface area contributed by atoms with Gasteiger partial charge in [-0.05, 0) is 46.7 Å². The number of benzene rings is 1. The Bertz CT molecular complexity index is 770. The summed E-state index contributed by atoms with van der Waals surface area (Å²) in [4.78, 5) is 7.42. The normalized spacial score (nSPS) is 13.0. The molecule has 1 aromatic carbocycles. The number of aromatic nitrogens is 2. The second-order valence-corrected chi connectivity index (χ2v) is 7.13. The third-order valence-corrected chi connectivity index (χ3v) is 4.20. The lowest BCUT2D eigenvalue weighted by atomic mass is 10.1. The fourth-order valence-corrected chi connectivity index (χ4v) is 2.49. The molecule has 0 saturated heterocycles. The van der Waals surface area contributed by atoms with Gasteiger partial charge < -0.3 is 15.7 Å². The van der Waals surface area contributed by atoms with Crippen molar-refractivity contribution in [1.82, 2.24) is 9.97 Å². The predicted molar refractivity (Wildman–Crippen MR) is 98.8 cm³/mol. The highest BCUT2D eigenvalue weighted by Crippen LogP contribution is 2.31. The maximum absolute atomic E-state index is 14.0. The minimum atomic E-state index is -4.70. The van der Waals surface area contributed by atoms with Crippen LogP contribution in [0.3, 0.4) is 0 Å². The maximum atomic E-state index is 14.0. The van der Waals surface area contributed by atoms with E-state index in [0.717, 1.165) is 0 Å². The Hall–Kier alpha value is -1.69. The fraction of sp³-hybridized carbons (Fsp3) is 0.375. The lowest BCUT2D eigenvalue weighted by molar-refractivity contribution is -0.141. The van der Waals surface area contributed by atoms with E-state index < -0.39 is 23.7 Å². The molecular formula is C16H17F4IN4O. The van der Waals surface area contributed by atoms with Gasteiger partial charge in [0.15, 0.2) is 5.69 Å². The van der Waals surface area contributed by atoms with Gasteiger partial charge in [-0.15, -0.1) is 0 Å². The summed E-state index contributed by atoms with van der Waals surface area (Å²) in [6.45, 7) is 3.29. The predicted octanol–water partition coefficient (Wildman–Crippen LogP) is 4.41. The van der Waals surface area contributed by atoms with Crippen molar-refractivity contribution >= 4 is 40.0 Å². The Morgan fingerprint density at radius 1 is 1.19 bits per heavy atom. The Morgan fingerprint density at radius 2 is 1.88 bits per heavy atom. The number of hydrogen-bond acceptors (Lipinski definition) is 5. The van der Waals surface area contributed by atoms with E-state index in [1.165, 1.54) is 12.1 Å². The van der Waals surface area contributed by atoms with Crippen molar-refractivity contribution in [2.45, 2.75) is 26.1 Å². The van der Waals surface area contributed by atoms with Gasteiger partial charge in [0, 0.05) is 9.64 Å². The topological polar surface area (TPSA) is 70.1 Å². The molecule has 0 amide bonds. The molecule has 0 aliphatic rings. The van der Waals surface area contributed by atoms with Crippen LogP contribution in [-0.4, -0.2) is 27.7 Å². The Morgan fingerprint density at radius 3 is 2.42 bits per heavy atom. The number of aliphatic hydroxyl groups excluding tert-OH is 1. The summed E-state index contributed by atoms with van der Waals surface area (Å²) < 4.78 is 54.0. The molecule has 0 radical (unpaired) electrons. The number of halogens is 5. The molecular weight excluding hydrogens is 467 g/mol. The lowest BCUT2D eigenvalue weighted by Gasteiger charge is -2.21. The van der Waals surface area contributed by atoms with E-state index in [-0.39, 0.29) is 30.0 Å². The van der Waals surface area contributed by atoms with Crippen LogP contribution in [0.2, 0.25) is 0 Å². The molecule has 3 N–H and O–H groups in total. The first-order valence-corrected chi connectivity index (χ1v) is 8.73. The van der Waals surface area contributed by atoms with Gasteiger partial charge >= 0.3 is 6.18 Å². The number of nitrogens with zero attached hydrogens (tertiary/aromatic N) is 2. The summed E-state index contributed by atoms with van der Waals surface area (Å²) in [5.74, 6) is -1.20. The molecule has 5 nitrogen and oxygen atoms in total. The van der Waals surface area contributed by atoms with Crippen molar-refractivity contribution in [2.24, 2.45) is 5.92 Å². The molecule has 0 aliphatic heterocycles. The van der Waals surface area contributed by atoms with Gasteiger partial charge in [0.1, 0.15) is 11.6 Å². The van der Waals surface area contributed by atoms with Crippen LogP contribution in [0, 0.1) is 15.3 Å². The minimum Gasteiger partial charge on any atom is -0.394 e. The average Bonchev–Trinajstić information content (AvgIpc) is 2.54. The number of nitrogens with one attached hydrogen (secondary N) is 2. The molecule has 2 aromatic rings. The molecule has 142 valence electrons. The highest BCUT2D eigenvalue weighted by molar-refractivity contribution is 14.1. The van der Waals surface area contributed by atoms with Gasteiger partial charge in [-0.2, -0.15) is 18.2 Å². The first-order valence-electron chi connectivity index (χ1n) is 7.66. The summed E-state index contributed by atoms with van der Waals surface area (Å²) in [7, 11) is 0. The smallest absolute Gasteiger partial charge is 0.394 e. The van der Waals surface area contributed by atoms with Crippen LogP contribution in [-0.2, 0) is 6.18 Å². The van der Waals surface area contributed by atoms with E-state index >= 15 is 0 Å². The molecule has 1 atom stereocenters. The van der Waals surface area contributed by atoms with Crippen molar-refractivity contribution < 1.29 is 22.7 Å². The van der Waals surface area contributed by atoms with E-state index in [2.05, 4.69) is 20.6 Å². The molecule has 1 aromatic heterocycles. The van der Waals surface area contributed by atoms with Crippen LogP contribution in [0.5, 0.6) is 0 Å². The molecule has 10 heteroatoms. The zero-order valence-electron chi connectivity index (χ0n) is 13.9. The number of alkyl halides is 3. The summed E-state index contributed by atoms with van der Waals surface area (Å²) in [6.07, 6.45) is -4.70. The van der Waals surface area contributed by atoms with E-state index in [0.29, 0.717) is 9.64 Å². The first-order chi connectivity index (χ1) is 12.1. The summed E-state index contributed by atoms with van der Waals surface area (Å²) in [5, 5.41) is 14.6. The van der Waals surface area contributed by atoms with Gasteiger partial charge in [0.25, 0.3) is 0 Å². The largest absolute Gasteiger partial charge is 0.433 e. The standard InChI is InChI=1S/C16H17F4IN4O/c1-8(2)12(7-26)23-15-24-13(16(18,19)20)6-14(25-15)22-11-4-3-9(21)5-10(11)17/h3-6,8,12,26H,7H2,1-2H3,(H2,22,23,24,25)/t12-/m0/s1. The van der Waals surface area contributed by atoms with Gasteiger partial charge in [-0.1, -0.05) is 13.8 Å². The minimum absolute atomic E-state index is 0.00856. The Labute approximate surface area is 161 Å². The third kappa shape index (κ3) is 5.40. The van der Waals surface area contributed by atoms with Crippen molar-refractivity contribution in [3.63, 3.8) is 0 Å². The van der Waals surface area contributed by atoms with Crippen LogP contribution >= 0.6 is 22.6 Å². The van der Waals surface area contributed by atoms with Crippen LogP contribution < -0.4 is 10.6 Å². The van der Waals surface area contributed by atoms with Gasteiger partial charge in [-0.3, -0.25) is 0 Å². The van der Waals surface area contributed by atoms with Crippen molar-refractivity contribution in [1.29, 1.82) is 0 Å². The number of anilines is 3. The van der Waals surface area contributed by atoms with Crippen molar-refractivity contribution in [3.05, 3.63) is 39.3 Å². The summed E-state index contributed by atoms with van der Waals surface area (Å²) in [5.41, 5.74) is -1.19. The van der Waals surface area contributed by atoms with Crippen LogP contribution in [0.15, 0.2) is 24.3 Å². The van der Waals surface area contributed by atoms with Gasteiger partial charge in [0.05, 0.1) is 18.3 Å².